The number of amides is 1. The Labute approximate surface area is 190 Å². The number of benzene rings is 2. The van der Waals surface area contributed by atoms with Crippen LogP contribution in [0.3, 0.4) is 0 Å². The van der Waals surface area contributed by atoms with Gasteiger partial charge in [0.2, 0.25) is 5.91 Å². The van der Waals surface area contributed by atoms with Crippen LogP contribution in [0.4, 0.5) is 5.82 Å². The number of hydrogen-bond donors (Lipinski definition) is 2. The molecule has 0 spiro atoms. The first-order valence-electron chi connectivity index (χ1n) is 10.2. The summed E-state index contributed by atoms with van der Waals surface area (Å²) in [7, 11) is 0. The van der Waals surface area contributed by atoms with Gasteiger partial charge in [0.25, 0.3) is 0 Å². The molecule has 3 aromatic rings. The van der Waals surface area contributed by atoms with Gasteiger partial charge >= 0.3 is 0 Å². The Bertz CT molecular complexity index is 1080. The van der Waals surface area contributed by atoms with E-state index in [2.05, 4.69) is 40.9 Å². The fraction of sp³-hybridized carbons (Fsp3) is 0.292. The monoisotopic (exact) mass is 513 g/mol. The number of fused-ring (bicyclic) bond motifs is 3. The Hall–Kier alpha value is -2.32. The van der Waals surface area contributed by atoms with Crippen LogP contribution in [0.5, 0.6) is 0 Å². The molecule has 30 heavy (non-hydrogen) atoms. The average Bonchev–Trinajstić information content (AvgIpc) is 2.75. The van der Waals surface area contributed by atoms with Crippen molar-refractivity contribution in [2.75, 3.05) is 5.32 Å². The minimum absolute atomic E-state index is 0.0401. The van der Waals surface area contributed by atoms with E-state index in [-0.39, 0.29) is 12.5 Å². The number of carbonyl (C=O) groups is 1. The van der Waals surface area contributed by atoms with E-state index < -0.39 is 0 Å². The Kier molecular flexibility index (Phi) is 6.43. The number of carbonyl (C=O) groups excluding carboxylic acids is 1. The van der Waals surface area contributed by atoms with Crippen LogP contribution >= 0.6 is 22.6 Å². The van der Waals surface area contributed by atoms with Gasteiger partial charge in [-0.15, -0.1) is 0 Å². The quantitative estimate of drug-likeness (QED) is 0.477. The second kappa shape index (κ2) is 9.22. The molecule has 1 aliphatic carbocycles. The van der Waals surface area contributed by atoms with Gasteiger partial charge in [-0.2, -0.15) is 0 Å². The standard InChI is InChI=1S/C24H24IN3O2/c1-2-3-21-24(28-22(30)13-15-4-8-18(25)9-5-15)27-20-11-7-17-12-16(14-29)6-10-19(17)23(20)26-21/h4-6,8-10,12,29H,2-3,7,11,13-14H2,1H3,(H,27,28,30). The molecule has 0 unspecified atom stereocenters. The second-order valence-corrected chi connectivity index (χ2v) is 8.81. The van der Waals surface area contributed by atoms with Crippen molar-refractivity contribution in [2.45, 2.75) is 45.6 Å². The lowest BCUT2D eigenvalue weighted by Crippen LogP contribution is -2.20. The van der Waals surface area contributed by atoms with Crippen LogP contribution < -0.4 is 5.32 Å². The van der Waals surface area contributed by atoms with E-state index >= 15 is 0 Å². The summed E-state index contributed by atoms with van der Waals surface area (Å²) in [6.07, 6.45) is 3.62. The maximum Gasteiger partial charge on any atom is 0.229 e. The zero-order chi connectivity index (χ0) is 21.1. The van der Waals surface area contributed by atoms with Gasteiger partial charge in [0, 0.05) is 9.13 Å². The molecule has 4 rings (SSSR count). The maximum absolute atomic E-state index is 12.7. The summed E-state index contributed by atoms with van der Waals surface area (Å²) in [4.78, 5) is 22.4. The number of halogens is 1. The second-order valence-electron chi connectivity index (χ2n) is 7.57. The van der Waals surface area contributed by atoms with E-state index in [9.17, 15) is 9.90 Å². The molecule has 0 atom stereocenters. The first-order valence-corrected chi connectivity index (χ1v) is 11.3. The van der Waals surface area contributed by atoms with E-state index in [0.29, 0.717) is 12.2 Å². The third-order valence-electron chi connectivity index (χ3n) is 5.30. The van der Waals surface area contributed by atoms with Gasteiger partial charge in [-0.25, -0.2) is 9.97 Å². The molecule has 5 nitrogen and oxygen atoms in total. The van der Waals surface area contributed by atoms with Gasteiger partial charge in [0.05, 0.1) is 30.1 Å². The van der Waals surface area contributed by atoms with Crippen LogP contribution in [-0.2, 0) is 37.1 Å². The van der Waals surface area contributed by atoms with Crippen molar-refractivity contribution in [1.82, 2.24) is 9.97 Å². The molecule has 2 N–H and O–H groups in total. The van der Waals surface area contributed by atoms with Gasteiger partial charge in [-0.1, -0.05) is 43.7 Å². The van der Waals surface area contributed by atoms with Crippen LogP contribution in [0.15, 0.2) is 42.5 Å². The lowest BCUT2D eigenvalue weighted by Gasteiger charge is -2.21. The summed E-state index contributed by atoms with van der Waals surface area (Å²) in [6.45, 7) is 2.14. The van der Waals surface area contributed by atoms with Crippen molar-refractivity contribution in [2.24, 2.45) is 0 Å². The van der Waals surface area contributed by atoms with Crippen LogP contribution in [0.25, 0.3) is 11.3 Å². The van der Waals surface area contributed by atoms with Crippen molar-refractivity contribution < 1.29 is 9.90 Å². The number of nitrogens with one attached hydrogen (secondary N) is 1. The Morgan fingerprint density at radius 1 is 1.10 bits per heavy atom. The summed E-state index contributed by atoms with van der Waals surface area (Å²) in [6, 6.07) is 14.0. The molecule has 2 aromatic carbocycles. The van der Waals surface area contributed by atoms with E-state index in [1.807, 2.05) is 36.4 Å². The highest BCUT2D eigenvalue weighted by Crippen LogP contribution is 2.33. The summed E-state index contributed by atoms with van der Waals surface area (Å²) in [5.41, 5.74) is 6.81. The smallest absolute Gasteiger partial charge is 0.229 e. The fourth-order valence-electron chi connectivity index (χ4n) is 3.81. The molecular formula is C24H24IN3O2. The van der Waals surface area contributed by atoms with Gasteiger partial charge in [-0.3, -0.25) is 4.79 Å². The lowest BCUT2D eigenvalue weighted by atomic mass is 9.90. The summed E-state index contributed by atoms with van der Waals surface area (Å²) in [5, 5.41) is 12.4. The van der Waals surface area contributed by atoms with Gasteiger partial charge in [-0.05, 0) is 70.7 Å². The van der Waals surface area contributed by atoms with E-state index in [4.69, 9.17) is 9.97 Å². The first kappa shape index (κ1) is 20.9. The van der Waals surface area contributed by atoms with Crippen molar-refractivity contribution in [1.29, 1.82) is 0 Å². The minimum Gasteiger partial charge on any atom is -0.392 e. The molecule has 1 amide bonds. The number of rotatable bonds is 6. The molecule has 154 valence electrons. The first-order chi connectivity index (χ1) is 14.6. The third-order valence-corrected chi connectivity index (χ3v) is 6.02. The largest absolute Gasteiger partial charge is 0.392 e. The van der Waals surface area contributed by atoms with Crippen LogP contribution in [0.2, 0.25) is 0 Å². The van der Waals surface area contributed by atoms with Crippen LogP contribution in [-0.4, -0.2) is 21.0 Å². The zero-order valence-electron chi connectivity index (χ0n) is 16.9. The summed E-state index contributed by atoms with van der Waals surface area (Å²) < 4.78 is 1.15. The molecule has 0 aliphatic heterocycles. The Balaban J connectivity index is 1.62. The van der Waals surface area contributed by atoms with E-state index in [1.54, 1.807) is 0 Å². The van der Waals surface area contributed by atoms with Crippen molar-refractivity contribution in [3.8, 4) is 11.3 Å². The van der Waals surface area contributed by atoms with Crippen molar-refractivity contribution in [3.05, 3.63) is 74.1 Å². The predicted molar refractivity (Wildman–Crippen MR) is 126 cm³/mol. The Morgan fingerprint density at radius 2 is 1.87 bits per heavy atom. The minimum atomic E-state index is -0.0772. The molecule has 1 aromatic heterocycles. The molecule has 0 saturated heterocycles. The topological polar surface area (TPSA) is 75.1 Å². The zero-order valence-corrected chi connectivity index (χ0v) is 19.1. The predicted octanol–water partition coefficient (Wildman–Crippen LogP) is 4.47. The van der Waals surface area contributed by atoms with Gasteiger partial charge in [0.1, 0.15) is 0 Å². The third kappa shape index (κ3) is 4.54. The number of aryl methyl sites for hydroxylation is 3. The molecule has 1 aliphatic rings. The molecule has 0 fully saturated rings. The lowest BCUT2D eigenvalue weighted by molar-refractivity contribution is -0.115. The SMILES string of the molecule is CCCc1nc2c(nc1NC(=O)Cc1ccc(I)cc1)CCc1cc(CO)ccc1-2. The van der Waals surface area contributed by atoms with Gasteiger partial charge < -0.3 is 10.4 Å². The molecule has 0 saturated carbocycles. The van der Waals surface area contributed by atoms with Crippen LogP contribution in [0, 0.1) is 3.57 Å². The fourth-order valence-corrected chi connectivity index (χ4v) is 4.17. The molecule has 1 heterocycles. The summed E-state index contributed by atoms with van der Waals surface area (Å²) in [5.74, 6) is 0.508. The normalized spacial score (nSPS) is 12.2. The molecule has 0 radical (unpaired) electrons. The van der Waals surface area contributed by atoms with Crippen molar-refractivity contribution >= 4 is 34.3 Å². The number of aliphatic hydroxyl groups excluding tert-OH is 1. The highest BCUT2D eigenvalue weighted by molar-refractivity contribution is 14.1. The number of hydrogen-bond acceptors (Lipinski definition) is 4. The Morgan fingerprint density at radius 3 is 2.60 bits per heavy atom. The average molecular weight is 513 g/mol. The van der Waals surface area contributed by atoms with E-state index in [1.165, 1.54) is 5.56 Å². The van der Waals surface area contributed by atoms with E-state index in [0.717, 1.165) is 63.0 Å². The van der Waals surface area contributed by atoms with Crippen molar-refractivity contribution in [3.63, 3.8) is 0 Å². The van der Waals surface area contributed by atoms with Crippen LogP contribution in [0.1, 0.15) is 41.4 Å². The summed E-state index contributed by atoms with van der Waals surface area (Å²) >= 11 is 2.26. The highest BCUT2D eigenvalue weighted by atomic mass is 127. The molecule has 6 heteroatoms. The maximum atomic E-state index is 12.7. The number of anilines is 1. The number of aliphatic hydroxyl groups is 1. The van der Waals surface area contributed by atoms with Gasteiger partial charge in [0.15, 0.2) is 5.82 Å². The molecule has 0 bridgehead atoms. The number of nitrogens with zero attached hydrogens (tertiary/aromatic N) is 2. The highest BCUT2D eigenvalue weighted by Gasteiger charge is 2.22. The number of aromatic nitrogens is 2. The molecular weight excluding hydrogens is 489 g/mol.